The van der Waals surface area contributed by atoms with Gasteiger partial charge in [-0.25, -0.2) is 4.79 Å². The fourth-order valence-corrected chi connectivity index (χ4v) is 3.21. The van der Waals surface area contributed by atoms with Crippen LogP contribution in [0.1, 0.15) is 10.4 Å². The van der Waals surface area contributed by atoms with Crippen LogP contribution in [-0.2, 0) is 28.5 Å². The van der Waals surface area contributed by atoms with Crippen LogP contribution in [0.4, 0.5) is 13.2 Å². The standard InChI is InChI=1S/C14H13F3O7S/c15-14(16,17)25(19,20)24-10-7-22-11-9(6-21-12(10)11)23-13(18)8-4-2-1-3-5-8/h1-5,9-12H,6-7H2. The molecule has 4 atom stereocenters. The first kappa shape index (κ1) is 18.1. The van der Waals surface area contributed by atoms with Gasteiger partial charge < -0.3 is 14.2 Å². The third kappa shape index (κ3) is 3.64. The number of alkyl halides is 3. The van der Waals surface area contributed by atoms with Gasteiger partial charge >= 0.3 is 21.6 Å². The zero-order chi connectivity index (χ0) is 18.2. The first-order valence-corrected chi connectivity index (χ1v) is 8.58. The quantitative estimate of drug-likeness (QED) is 0.440. The van der Waals surface area contributed by atoms with Gasteiger partial charge in [0.2, 0.25) is 0 Å². The van der Waals surface area contributed by atoms with E-state index < -0.39 is 52.6 Å². The van der Waals surface area contributed by atoms with Crippen molar-refractivity contribution in [2.45, 2.75) is 29.9 Å². The molecule has 1 aromatic rings. The zero-order valence-corrected chi connectivity index (χ0v) is 13.3. The third-order valence-electron chi connectivity index (χ3n) is 3.76. The van der Waals surface area contributed by atoms with Crippen molar-refractivity contribution >= 4 is 16.1 Å². The predicted octanol–water partition coefficient (Wildman–Crippen LogP) is 1.24. The van der Waals surface area contributed by atoms with Crippen LogP contribution in [0.25, 0.3) is 0 Å². The van der Waals surface area contributed by atoms with Gasteiger partial charge in [0.1, 0.15) is 18.3 Å². The van der Waals surface area contributed by atoms with Crippen LogP contribution in [0.3, 0.4) is 0 Å². The summed E-state index contributed by atoms with van der Waals surface area (Å²) in [6.07, 6.45) is -4.32. The second-order valence-electron chi connectivity index (χ2n) is 5.44. The zero-order valence-electron chi connectivity index (χ0n) is 12.5. The fourth-order valence-electron chi connectivity index (χ4n) is 2.61. The molecule has 0 bridgehead atoms. The largest absolute Gasteiger partial charge is 0.523 e. The number of ether oxygens (including phenoxy) is 3. The maximum atomic E-state index is 12.4. The summed E-state index contributed by atoms with van der Waals surface area (Å²) < 4.78 is 79.3. The molecule has 7 nitrogen and oxygen atoms in total. The highest BCUT2D eigenvalue weighted by molar-refractivity contribution is 7.87. The van der Waals surface area contributed by atoms with Crippen LogP contribution in [0.2, 0.25) is 0 Å². The van der Waals surface area contributed by atoms with E-state index in [-0.39, 0.29) is 12.2 Å². The van der Waals surface area contributed by atoms with E-state index in [9.17, 15) is 26.4 Å². The monoisotopic (exact) mass is 382 g/mol. The van der Waals surface area contributed by atoms with Gasteiger partial charge in [-0.1, -0.05) is 18.2 Å². The molecule has 0 aliphatic carbocycles. The number of rotatable bonds is 4. The first-order valence-electron chi connectivity index (χ1n) is 7.18. The summed E-state index contributed by atoms with van der Waals surface area (Å²) in [6.45, 7) is -0.566. The van der Waals surface area contributed by atoms with Crippen molar-refractivity contribution in [1.29, 1.82) is 0 Å². The molecule has 11 heteroatoms. The van der Waals surface area contributed by atoms with Gasteiger partial charge in [0.25, 0.3) is 0 Å². The van der Waals surface area contributed by atoms with E-state index in [2.05, 4.69) is 4.18 Å². The van der Waals surface area contributed by atoms with Gasteiger partial charge in [-0.15, -0.1) is 0 Å². The van der Waals surface area contributed by atoms with Crippen LogP contribution < -0.4 is 0 Å². The van der Waals surface area contributed by atoms with Crippen LogP contribution >= 0.6 is 0 Å². The highest BCUT2D eigenvalue weighted by Gasteiger charge is 2.55. The Hall–Kier alpha value is -1.69. The molecular formula is C14H13F3O7S. The van der Waals surface area contributed by atoms with Crippen molar-refractivity contribution in [3.05, 3.63) is 35.9 Å². The summed E-state index contributed by atoms with van der Waals surface area (Å²) in [7, 11) is -5.77. The predicted molar refractivity (Wildman–Crippen MR) is 75.0 cm³/mol. The Morgan fingerprint density at radius 3 is 2.20 bits per heavy atom. The van der Waals surface area contributed by atoms with Crippen LogP contribution in [0.15, 0.2) is 30.3 Å². The highest BCUT2D eigenvalue weighted by Crippen LogP contribution is 2.34. The van der Waals surface area contributed by atoms with Gasteiger partial charge in [0, 0.05) is 0 Å². The number of carbonyl (C=O) groups is 1. The van der Waals surface area contributed by atoms with E-state index in [0.717, 1.165) is 0 Å². The Bertz CT molecular complexity index is 735. The number of benzene rings is 1. The minimum Gasteiger partial charge on any atom is -0.453 e. The average Bonchev–Trinajstić information content (AvgIpc) is 3.11. The molecule has 0 N–H and O–H groups in total. The Kier molecular flexibility index (Phi) is 4.75. The Balaban J connectivity index is 1.64. The molecule has 2 aliphatic heterocycles. The smallest absolute Gasteiger partial charge is 0.453 e. The molecule has 0 amide bonds. The lowest BCUT2D eigenvalue weighted by atomic mass is 10.1. The lowest BCUT2D eigenvalue weighted by Crippen LogP contribution is -2.38. The lowest BCUT2D eigenvalue weighted by molar-refractivity contribution is -0.0632. The third-order valence-corrected chi connectivity index (χ3v) is 4.83. The molecule has 25 heavy (non-hydrogen) atoms. The van der Waals surface area contributed by atoms with Crippen molar-refractivity contribution in [3.63, 3.8) is 0 Å². The lowest BCUT2D eigenvalue weighted by Gasteiger charge is -2.17. The molecule has 2 fully saturated rings. The van der Waals surface area contributed by atoms with Crippen LogP contribution in [0, 0.1) is 0 Å². The molecule has 138 valence electrons. The maximum Gasteiger partial charge on any atom is 0.523 e. The Morgan fingerprint density at radius 2 is 1.60 bits per heavy atom. The van der Waals surface area contributed by atoms with Gasteiger partial charge in [0.15, 0.2) is 6.10 Å². The minimum atomic E-state index is -5.77. The Morgan fingerprint density at radius 1 is 1.04 bits per heavy atom. The SMILES string of the molecule is O=C(OC1COC2C(OS(=O)(=O)C(F)(F)F)COC12)c1ccccc1. The molecule has 2 heterocycles. The van der Waals surface area contributed by atoms with E-state index in [1.165, 1.54) is 12.1 Å². The molecule has 2 aliphatic rings. The maximum absolute atomic E-state index is 12.4. The molecule has 1 aromatic carbocycles. The molecule has 0 saturated carbocycles. The van der Waals surface area contributed by atoms with Crippen molar-refractivity contribution in [2.75, 3.05) is 13.2 Å². The van der Waals surface area contributed by atoms with Crippen molar-refractivity contribution < 1.29 is 44.8 Å². The van der Waals surface area contributed by atoms with E-state index in [1.807, 2.05) is 0 Å². The van der Waals surface area contributed by atoms with Gasteiger partial charge in [-0.2, -0.15) is 21.6 Å². The summed E-state index contributed by atoms with van der Waals surface area (Å²) in [5.41, 5.74) is -5.25. The van der Waals surface area contributed by atoms with Crippen molar-refractivity contribution in [3.8, 4) is 0 Å². The molecular weight excluding hydrogens is 369 g/mol. The van der Waals surface area contributed by atoms with Crippen molar-refractivity contribution in [1.82, 2.24) is 0 Å². The molecule has 3 rings (SSSR count). The molecule has 0 aromatic heterocycles. The molecule has 0 spiro atoms. The number of carbonyl (C=O) groups excluding carboxylic acids is 1. The summed E-state index contributed by atoms with van der Waals surface area (Å²) >= 11 is 0. The number of hydrogen-bond donors (Lipinski definition) is 0. The van der Waals surface area contributed by atoms with Gasteiger partial charge in [-0.3, -0.25) is 4.18 Å². The summed E-state index contributed by atoms with van der Waals surface area (Å²) in [6, 6.07) is 8.07. The summed E-state index contributed by atoms with van der Waals surface area (Å²) in [5, 5.41) is 0. The number of fused-ring (bicyclic) bond motifs is 1. The van der Waals surface area contributed by atoms with E-state index in [4.69, 9.17) is 14.2 Å². The Labute approximate surface area is 140 Å². The first-order chi connectivity index (χ1) is 11.7. The second kappa shape index (κ2) is 6.56. The minimum absolute atomic E-state index is 0.139. The normalized spacial score (nSPS) is 29.4. The van der Waals surface area contributed by atoms with Crippen molar-refractivity contribution in [2.24, 2.45) is 0 Å². The van der Waals surface area contributed by atoms with E-state index in [1.54, 1.807) is 18.2 Å². The fraction of sp³-hybridized carbons (Fsp3) is 0.500. The average molecular weight is 382 g/mol. The van der Waals surface area contributed by atoms with Gasteiger partial charge in [-0.05, 0) is 12.1 Å². The molecule has 2 saturated heterocycles. The second-order valence-corrected chi connectivity index (χ2v) is 7.00. The van der Waals surface area contributed by atoms with E-state index >= 15 is 0 Å². The number of esters is 1. The highest BCUT2D eigenvalue weighted by atomic mass is 32.2. The number of halogens is 3. The molecule has 0 radical (unpaired) electrons. The van der Waals surface area contributed by atoms with E-state index in [0.29, 0.717) is 0 Å². The van der Waals surface area contributed by atoms with Crippen LogP contribution in [0.5, 0.6) is 0 Å². The molecule has 4 unspecified atom stereocenters. The van der Waals surface area contributed by atoms with Crippen LogP contribution in [-0.4, -0.2) is 57.5 Å². The topological polar surface area (TPSA) is 88.1 Å². The number of hydrogen-bond acceptors (Lipinski definition) is 7. The summed E-state index contributed by atoms with van der Waals surface area (Å²) in [5.74, 6) is -0.647. The summed E-state index contributed by atoms with van der Waals surface area (Å²) in [4.78, 5) is 12.0. The van der Waals surface area contributed by atoms with Gasteiger partial charge in [0.05, 0.1) is 18.8 Å².